The highest BCUT2D eigenvalue weighted by Crippen LogP contribution is 2.16. The first kappa shape index (κ1) is 28.9. The van der Waals surface area contributed by atoms with Gasteiger partial charge in [0, 0.05) is 52.4 Å². The first-order valence-electron chi connectivity index (χ1n) is 11.5. The summed E-state index contributed by atoms with van der Waals surface area (Å²) in [5.74, 6) is 1.62. The zero-order valence-corrected chi connectivity index (χ0v) is 21.5. The van der Waals surface area contributed by atoms with E-state index >= 15 is 0 Å². The molecule has 0 radical (unpaired) electrons. The molecule has 1 aliphatic heterocycles. The van der Waals surface area contributed by atoms with Gasteiger partial charge in [-0.05, 0) is 26.2 Å². The summed E-state index contributed by atoms with van der Waals surface area (Å²) in [7, 11) is 1.71. The van der Waals surface area contributed by atoms with Crippen molar-refractivity contribution >= 4 is 29.9 Å². The van der Waals surface area contributed by atoms with Crippen LogP contribution < -0.4 is 5.32 Å². The number of ether oxygens (including phenoxy) is 3. The van der Waals surface area contributed by atoms with Gasteiger partial charge in [0.1, 0.15) is 0 Å². The van der Waals surface area contributed by atoms with Crippen LogP contribution in [-0.2, 0) is 14.2 Å². The maximum absolute atomic E-state index is 5.76. The summed E-state index contributed by atoms with van der Waals surface area (Å²) in [4.78, 5) is 7.16. The van der Waals surface area contributed by atoms with Gasteiger partial charge in [0.25, 0.3) is 0 Å². The fourth-order valence-electron chi connectivity index (χ4n) is 3.42. The molecule has 6 nitrogen and oxygen atoms in total. The third-order valence-corrected chi connectivity index (χ3v) is 5.06. The summed E-state index contributed by atoms with van der Waals surface area (Å²) >= 11 is 0. The van der Waals surface area contributed by atoms with E-state index in [2.05, 4.69) is 24.1 Å². The molecule has 1 N–H and O–H groups in total. The maximum atomic E-state index is 5.76. The number of unbranched alkanes of at least 4 members (excludes halogenated alkanes) is 5. The zero-order valence-electron chi connectivity index (χ0n) is 19.1. The molecule has 0 amide bonds. The molecule has 1 unspecified atom stereocenters. The minimum absolute atomic E-state index is 0. The van der Waals surface area contributed by atoms with Crippen molar-refractivity contribution in [3.63, 3.8) is 0 Å². The van der Waals surface area contributed by atoms with Crippen molar-refractivity contribution in [3.05, 3.63) is 0 Å². The maximum Gasteiger partial charge on any atom is 0.193 e. The minimum Gasteiger partial charge on any atom is -0.382 e. The number of nitrogens with one attached hydrogen (secondary N) is 1. The van der Waals surface area contributed by atoms with Gasteiger partial charge >= 0.3 is 0 Å². The lowest BCUT2D eigenvalue weighted by Gasteiger charge is -2.21. The van der Waals surface area contributed by atoms with Crippen molar-refractivity contribution in [2.45, 2.75) is 65.2 Å². The van der Waals surface area contributed by atoms with Crippen molar-refractivity contribution in [2.75, 3.05) is 66.3 Å². The van der Waals surface area contributed by atoms with E-state index in [9.17, 15) is 0 Å². The molecule has 1 atom stereocenters. The molecule has 0 bridgehead atoms. The largest absolute Gasteiger partial charge is 0.382 e. The molecule has 1 fully saturated rings. The first-order valence-corrected chi connectivity index (χ1v) is 11.5. The molecule has 0 aromatic heterocycles. The predicted octanol–water partition coefficient (Wildman–Crippen LogP) is 4.32. The average Bonchev–Trinajstić information content (AvgIpc) is 3.17. The molecule has 174 valence electrons. The Labute approximate surface area is 196 Å². The smallest absolute Gasteiger partial charge is 0.193 e. The van der Waals surface area contributed by atoms with Crippen molar-refractivity contribution < 1.29 is 14.2 Å². The molecule has 0 spiro atoms. The van der Waals surface area contributed by atoms with Crippen LogP contribution in [0.15, 0.2) is 4.99 Å². The topological polar surface area (TPSA) is 55.3 Å². The highest BCUT2D eigenvalue weighted by molar-refractivity contribution is 14.0. The monoisotopic (exact) mass is 527 g/mol. The fourth-order valence-corrected chi connectivity index (χ4v) is 3.42. The zero-order chi connectivity index (χ0) is 20.3. The molecule has 0 aliphatic carbocycles. The summed E-state index contributed by atoms with van der Waals surface area (Å²) in [6, 6.07) is 0. The Kier molecular flexibility index (Phi) is 21.0. The lowest BCUT2D eigenvalue weighted by Crippen LogP contribution is -2.40. The van der Waals surface area contributed by atoms with E-state index < -0.39 is 0 Å². The molecule has 1 aliphatic rings. The second-order valence-corrected chi connectivity index (χ2v) is 7.64. The van der Waals surface area contributed by atoms with E-state index in [1.165, 1.54) is 44.9 Å². The Hall–Kier alpha value is -0.120. The molecule has 0 aromatic rings. The van der Waals surface area contributed by atoms with E-state index in [-0.39, 0.29) is 24.0 Å². The second-order valence-electron chi connectivity index (χ2n) is 7.64. The predicted molar refractivity (Wildman–Crippen MR) is 133 cm³/mol. The summed E-state index contributed by atoms with van der Waals surface area (Å²) < 4.78 is 16.5. The van der Waals surface area contributed by atoms with Gasteiger partial charge in [0.15, 0.2) is 5.96 Å². The van der Waals surface area contributed by atoms with Crippen LogP contribution in [0.3, 0.4) is 0 Å². The molecule has 29 heavy (non-hydrogen) atoms. The number of aliphatic imine (C=N–C) groups is 1. The van der Waals surface area contributed by atoms with Crippen LogP contribution in [0.25, 0.3) is 0 Å². The Morgan fingerprint density at radius 3 is 2.48 bits per heavy atom. The molecular weight excluding hydrogens is 481 g/mol. The van der Waals surface area contributed by atoms with Crippen molar-refractivity contribution in [1.29, 1.82) is 0 Å². The van der Waals surface area contributed by atoms with Crippen LogP contribution >= 0.6 is 24.0 Å². The quantitative estimate of drug-likeness (QED) is 0.132. The molecular formula is C22H46IN3O3. The van der Waals surface area contributed by atoms with E-state index in [4.69, 9.17) is 19.2 Å². The van der Waals surface area contributed by atoms with E-state index in [1.807, 2.05) is 0 Å². The standard InChI is InChI=1S/C22H45N3O3.HI/c1-4-6-7-8-9-10-15-27-16-11-13-24-22(23-5-2)25-14-12-21(19-25)20-28-18-17-26-3;/h21H,4-20H2,1-3H3,(H,23,24);1H. The van der Waals surface area contributed by atoms with Gasteiger partial charge in [-0.15, -0.1) is 24.0 Å². The number of rotatable bonds is 17. The van der Waals surface area contributed by atoms with Crippen LogP contribution in [0.1, 0.15) is 65.2 Å². The molecule has 1 heterocycles. The van der Waals surface area contributed by atoms with Gasteiger partial charge in [-0.1, -0.05) is 39.0 Å². The fraction of sp³-hybridized carbons (Fsp3) is 0.955. The number of hydrogen-bond acceptors (Lipinski definition) is 4. The number of likely N-dealkylation sites (tertiary alicyclic amines) is 1. The molecule has 1 rings (SSSR count). The molecule has 0 saturated carbocycles. The number of halogens is 1. The van der Waals surface area contributed by atoms with Crippen molar-refractivity contribution in [3.8, 4) is 0 Å². The van der Waals surface area contributed by atoms with E-state index in [0.29, 0.717) is 19.1 Å². The van der Waals surface area contributed by atoms with Gasteiger partial charge in [0.05, 0.1) is 19.8 Å². The van der Waals surface area contributed by atoms with Crippen LogP contribution in [0.2, 0.25) is 0 Å². The Balaban J connectivity index is 0.00000784. The molecule has 1 saturated heterocycles. The number of methoxy groups -OCH3 is 1. The van der Waals surface area contributed by atoms with Crippen LogP contribution in [0.5, 0.6) is 0 Å². The van der Waals surface area contributed by atoms with Gasteiger partial charge < -0.3 is 24.4 Å². The minimum atomic E-state index is 0. The summed E-state index contributed by atoms with van der Waals surface area (Å²) in [6.07, 6.45) is 10.0. The third-order valence-electron chi connectivity index (χ3n) is 5.06. The summed E-state index contributed by atoms with van der Waals surface area (Å²) in [5.41, 5.74) is 0. The number of nitrogens with zero attached hydrogens (tertiary/aromatic N) is 2. The SMILES string of the molecule is CCCCCCCCOCCCN=C(NCC)N1CCC(COCCOC)C1.I. The van der Waals surface area contributed by atoms with Crippen LogP contribution in [0, 0.1) is 5.92 Å². The average molecular weight is 528 g/mol. The summed E-state index contributed by atoms with van der Waals surface area (Å²) in [5, 5.41) is 3.43. The molecule has 7 heteroatoms. The van der Waals surface area contributed by atoms with E-state index in [1.54, 1.807) is 7.11 Å². The van der Waals surface area contributed by atoms with Crippen molar-refractivity contribution in [2.24, 2.45) is 10.9 Å². The van der Waals surface area contributed by atoms with Gasteiger partial charge in [-0.2, -0.15) is 0 Å². The number of guanidine groups is 1. The summed E-state index contributed by atoms with van der Waals surface area (Å²) in [6.45, 7) is 12.1. The number of hydrogen-bond donors (Lipinski definition) is 1. The van der Waals surface area contributed by atoms with E-state index in [0.717, 1.165) is 58.4 Å². The van der Waals surface area contributed by atoms with Crippen molar-refractivity contribution in [1.82, 2.24) is 10.2 Å². The van der Waals surface area contributed by atoms with Gasteiger partial charge in [-0.25, -0.2) is 0 Å². The van der Waals surface area contributed by atoms with Crippen LogP contribution in [0.4, 0.5) is 0 Å². The Morgan fingerprint density at radius 1 is 0.966 bits per heavy atom. The Bertz CT molecular complexity index is 386. The van der Waals surface area contributed by atoms with Gasteiger partial charge in [0.2, 0.25) is 0 Å². The normalized spacial score (nSPS) is 16.9. The lowest BCUT2D eigenvalue weighted by molar-refractivity contribution is 0.0536. The second kappa shape index (κ2) is 21.1. The highest BCUT2D eigenvalue weighted by atomic mass is 127. The van der Waals surface area contributed by atoms with Gasteiger partial charge in [-0.3, -0.25) is 4.99 Å². The Morgan fingerprint density at radius 2 is 1.72 bits per heavy atom. The molecule has 0 aromatic carbocycles. The first-order chi connectivity index (χ1) is 13.8. The van der Waals surface area contributed by atoms with Crippen LogP contribution in [-0.4, -0.2) is 77.2 Å². The third kappa shape index (κ3) is 15.3. The lowest BCUT2D eigenvalue weighted by atomic mass is 10.1. The highest BCUT2D eigenvalue weighted by Gasteiger charge is 2.24.